The molecule has 0 saturated carbocycles. The Labute approximate surface area is 168 Å². The van der Waals surface area contributed by atoms with Gasteiger partial charge in [-0.05, 0) is 43.0 Å². The van der Waals surface area contributed by atoms with E-state index < -0.39 is 6.10 Å². The monoisotopic (exact) mass is 399 g/mol. The number of amides is 1. The van der Waals surface area contributed by atoms with Gasteiger partial charge in [0.1, 0.15) is 18.5 Å². The van der Waals surface area contributed by atoms with Gasteiger partial charge >= 0.3 is 6.09 Å². The minimum Gasteiger partial charge on any atom is -1.00 e. The quantitative estimate of drug-likeness (QED) is 0.678. The highest BCUT2D eigenvalue weighted by atomic mass is 35.5. The largest absolute Gasteiger partial charge is 1.00 e. The highest BCUT2D eigenvalue weighted by molar-refractivity contribution is 5.67. The summed E-state index contributed by atoms with van der Waals surface area (Å²) in [4.78, 5) is 15.6. The third-order valence-corrected chi connectivity index (χ3v) is 4.67. The van der Waals surface area contributed by atoms with Gasteiger partial charge in [0.25, 0.3) is 0 Å². The molecule has 2 rings (SSSR count). The zero-order chi connectivity index (χ0) is 19.1. The molecule has 1 aromatic rings. The number of aliphatic hydroxyl groups excluding tert-OH is 1. The molecule has 27 heavy (non-hydrogen) atoms. The van der Waals surface area contributed by atoms with E-state index in [9.17, 15) is 9.90 Å². The molecule has 1 unspecified atom stereocenters. The van der Waals surface area contributed by atoms with Gasteiger partial charge in [-0.25, -0.2) is 4.79 Å². The van der Waals surface area contributed by atoms with Crippen molar-refractivity contribution in [1.82, 2.24) is 9.80 Å². The summed E-state index contributed by atoms with van der Waals surface area (Å²) in [5, 5.41) is 10.3. The zero-order valence-electron chi connectivity index (χ0n) is 16.8. The van der Waals surface area contributed by atoms with Crippen LogP contribution >= 0.6 is 0 Å². The lowest BCUT2D eigenvalue weighted by atomic mass is 9.98. The second-order valence-corrected chi connectivity index (χ2v) is 7.12. The molecule has 154 valence electrons. The Kier molecular flexibility index (Phi) is 9.91. The first-order chi connectivity index (χ1) is 12.4. The van der Waals surface area contributed by atoms with Crippen LogP contribution in [0.1, 0.15) is 37.8 Å². The van der Waals surface area contributed by atoms with Gasteiger partial charge in [0.05, 0.1) is 6.61 Å². The minimum absolute atomic E-state index is 0. The third-order valence-electron chi connectivity index (χ3n) is 4.67. The number of halogens is 1. The van der Waals surface area contributed by atoms with E-state index in [-0.39, 0.29) is 25.1 Å². The Morgan fingerprint density at radius 2 is 1.89 bits per heavy atom. The van der Waals surface area contributed by atoms with Crippen molar-refractivity contribution < 1.29 is 31.8 Å². The van der Waals surface area contributed by atoms with Crippen LogP contribution < -0.4 is 17.1 Å². The molecule has 1 aromatic carbocycles. The molecule has 0 aliphatic carbocycles. The number of carbonyl (C=O) groups excluding carboxylic acids is 1. The lowest BCUT2D eigenvalue weighted by molar-refractivity contribution is -0.0000198. The molecule has 1 saturated heterocycles. The van der Waals surface area contributed by atoms with E-state index in [0.717, 1.165) is 18.8 Å². The van der Waals surface area contributed by atoms with Crippen molar-refractivity contribution >= 4 is 6.09 Å². The van der Waals surface area contributed by atoms with Crippen molar-refractivity contribution in [3.63, 3.8) is 0 Å². The number of piperazine rings is 1. The Balaban J connectivity index is 0.00000364. The van der Waals surface area contributed by atoms with Crippen LogP contribution in [0.4, 0.5) is 4.79 Å². The maximum absolute atomic E-state index is 11.7. The molecule has 0 spiro atoms. The number of aryl methyl sites for hydroxylation is 1. The van der Waals surface area contributed by atoms with Crippen LogP contribution in [0, 0.1) is 6.92 Å². The summed E-state index contributed by atoms with van der Waals surface area (Å²) in [5.41, 5.74) is 2.53. The molecular formula is C20H32ClN2O4-. The first kappa shape index (κ1) is 23.5. The molecule has 1 amide bonds. The van der Waals surface area contributed by atoms with E-state index in [1.165, 1.54) is 11.1 Å². The smallest absolute Gasteiger partial charge is 0.409 e. The average Bonchev–Trinajstić information content (AvgIpc) is 2.60. The number of ether oxygens (including phenoxy) is 2. The highest BCUT2D eigenvalue weighted by Gasteiger charge is 2.23. The van der Waals surface area contributed by atoms with Gasteiger partial charge in [-0.3, -0.25) is 4.90 Å². The van der Waals surface area contributed by atoms with Crippen LogP contribution in [0.2, 0.25) is 0 Å². The van der Waals surface area contributed by atoms with Gasteiger partial charge in [0, 0.05) is 32.7 Å². The number of β-amino-alcohol motifs (C(OH)–C–C–N with tert-alkyl or cyclic N) is 1. The minimum atomic E-state index is -0.561. The number of benzene rings is 1. The molecule has 1 fully saturated rings. The third kappa shape index (κ3) is 7.20. The van der Waals surface area contributed by atoms with Crippen molar-refractivity contribution in [1.29, 1.82) is 0 Å². The normalized spacial score (nSPS) is 16.0. The van der Waals surface area contributed by atoms with E-state index in [2.05, 4.69) is 31.7 Å². The van der Waals surface area contributed by atoms with Crippen molar-refractivity contribution in [2.24, 2.45) is 0 Å². The fraction of sp³-hybridized carbons (Fsp3) is 0.650. The second-order valence-electron chi connectivity index (χ2n) is 7.12. The Morgan fingerprint density at radius 1 is 1.22 bits per heavy atom. The predicted octanol–water partition coefficient (Wildman–Crippen LogP) is -0.364. The van der Waals surface area contributed by atoms with Gasteiger partial charge in [0.15, 0.2) is 0 Å². The van der Waals surface area contributed by atoms with E-state index in [0.29, 0.717) is 32.2 Å². The fourth-order valence-electron chi connectivity index (χ4n) is 3.26. The maximum atomic E-state index is 11.7. The fourth-order valence-corrected chi connectivity index (χ4v) is 3.26. The van der Waals surface area contributed by atoms with Crippen LogP contribution in [0.15, 0.2) is 18.2 Å². The SMILES string of the molecule is CCOC(=O)N1CCN(CC(O)COc2ccc(C(C)C)c(C)c2)CC1.[Cl-]. The summed E-state index contributed by atoms with van der Waals surface area (Å²) in [6.45, 7) is 12.2. The highest BCUT2D eigenvalue weighted by Crippen LogP contribution is 2.23. The van der Waals surface area contributed by atoms with Gasteiger partial charge < -0.3 is 31.9 Å². The molecule has 1 N–H and O–H groups in total. The van der Waals surface area contributed by atoms with Crippen molar-refractivity contribution in [3.8, 4) is 5.75 Å². The van der Waals surface area contributed by atoms with E-state index in [1.807, 2.05) is 19.1 Å². The van der Waals surface area contributed by atoms with Crippen LogP contribution in [0.25, 0.3) is 0 Å². The van der Waals surface area contributed by atoms with Crippen LogP contribution in [0.5, 0.6) is 5.75 Å². The molecule has 0 radical (unpaired) electrons. The van der Waals surface area contributed by atoms with E-state index in [1.54, 1.807) is 4.90 Å². The topological polar surface area (TPSA) is 62.2 Å². The van der Waals surface area contributed by atoms with Crippen LogP contribution in [0.3, 0.4) is 0 Å². The Hall–Kier alpha value is -1.50. The molecule has 1 atom stereocenters. The predicted molar refractivity (Wildman–Crippen MR) is 102 cm³/mol. The molecular weight excluding hydrogens is 368 g/mol. The van der Waals surface area contributed by atoms with Gasteiger partial charge in [-0.15, -0.1) is 0 Å². The summed E-state index contributed by atoms with van der Waals surface area (Å²) >= 11 is 0. The first-order valence-corrected chi connectivity index (χ1v) is 9.46. The molecule has 0 aromatic heterocycles. The summed E-state index contributed by atoms with van der Waals surface area (Å²) in [7, 11) is 0. The zero-order valence-corrected chi connectivity index (χ0v) is 17.5. The summed E-state index contributed by atoms with van der Waals surface area (Å²) in [5.74, 6) is 1.28. The van der Waals surface area contributed by atoms with E-state index >= 15 is 0 Å². The summed E-state index contributed by atoms with van der Waals surface area (Å²) < 4.78 is 10.8. The van der Waals surface area contributed by atoms with Crippen LogP contribution in [-0.4, -0.2) is 73.0 Å². The van der Waals surface area contributed by atoms with E-state index in [4.69, 9.17) is 9.47 Å². The number of rotatable bonds is 7. The number of hydrogen-bond acceptors (Lipinski definition) is 5. The second kappa shape index (κ2) is 11.4. The number of aliphatic hydroxyl groups is 1. The van der Waals surface area contributed by atoms with Gasteiger partial charge in [-0.1, -0.05) is 19.9 Å². The molecule has 1 aliphatic rings. The van der Waals surface area contributed by atoms with Gasteiger partial charge in [-0.2, -0.15) is 0 Å². The lowest BCUT2D eigenvalue weighted by Gasteiger charge is -2.34. The summed E-state index contributed by atoms with van der Waals surface area (Å²) in [6, 6.07) is 6.09. The van der Waals surface area contributed by atoms with Crippen molar-refractivity contribution in [3.05, 3.63) is 29.3 Å². The van der Waals surface area contributed by atoms with Gasteiger partial charge in [0.2, 0.25) is 0 Å². The van der Waals surface area contributed by atoms with Crippen molar-refractivity contribution in [2.45, 2.75) is 39.7 Å². The molecule has 0 bridgehead atoms. The number of carbonyl (C=O) groups is 1. The van der Waals surface area contributed by atoms with Crippen molar-refractivity contribution in [2.75, 3.05) is 45.9 Å². The first-order valence-electron chi connectivity index (χ1n) is 9.46. The molecule has 6 nitrogen and oxygen atoms in total. The van der Waals surface area contributed by atoms with Crippen LogP contribution in [-0.2, 0) is 4.74 Å². The number of hydrogen-bond donors (Lipinski definition) is 1. The number of nitrogens with zero attached hydrogens (tertiary/aromatic N) is 2. The molecule has 7 heteroatoms. The maximum Gasteiger partial charge on any atom is 0.409 e. The standard InChI is InChI=1S/C20H32N2O4.ClH/c1-5-25-20(24)22-10-8-21(9-11-22)13-17(23)14-26-18-6-7-19(15(2)3)16(4)12-18;/h6-7,12,15,17,23H,5,8-11,13-14H2,1-4H3;1H/p-1. The Morgan fingerprint density at radius 3 is 2.44 bits per heavy atom. The summed E-state index contributed by atoms with van der Waals surface area (Å²) in [6.07, 6.45) is -0.814. The Bertz CT molecular complexity index is 589. The average molecular weight is 400 g/mol. The molecule has 1 heterocycles. The molecule has 1 aliphatic heterocycles. The lowest BCUT2D eigenvalue weighted by Crippen LogP contribution is -3.00.